The molecule has 0 unspecified atom stereocenters. The molecule has 5 nitrogen and oxygen atoms in total. The predicted octanol–water partition coefficient (Wildman–Crippen LogP) is -0.0146. The highest BCUT2D eigenvalue weighted by Crippen LogP contribution is 2.16. The number of amides is 1. The topological polar surface area (TPSA) is 81.8 Å². The van der Waals surface area contributed by atoms with Crippen molar-refractivity contribution >= 4 is 27.5 Å². The van der Waals surface area contributed by atoms with Crippen LogP contribution >= 0.6 is 11.3 Å². The fraction of sp³-hybridized carbons (Fsp3) is 0. The Morgan fingerprint density at radius 1 is 1.67 bits per heavy atom. The summed E-state index contributed by atoms with van der Waals surface area (Å²) in [4.78, 5) is 14.6. The number of fused-ring (bicyclic) bond motifs is 1. The lowest BCUT2D eigenvalue weighted by Crippen LogP contribution is -2.14. The summed E-state index contributed by atoms with van der Waals surface area (Å²) in [6.07, 6.45) is 1.52. The van der Waals surface area contributed by atoms with Crippen molar-refractivity contribution in [1.82, 2.24) is 15.2 Å². The Morgan fingerprint density at radius 3 is 3.25 bits per heavy atom. The molecule has 2 N–H and O–H groups in total. The molecule has 2 aromatic heterocycles. The number of aromatic nitrogens is 3. The third kappa shape index (κ3) is 0.928. The van der Waals surface area contributed by atoms with Crippen molar-refractivity contribution in [3.63, 3.8) is 0 Å². The number of hydrogen-bond donors (Lipinski definition) is 1. The van der Waals surface area contributed by atoms with Crippen LogP contribution in [0.25, 0.3) is 10.2 Å². The first-order chi connectivity index (χ1) is 5.79. The fourth-order valence-electron chi connectivity index (χ4n) is 0.831. The third-order valence-electron chi connectivity index (χ3n) is 1.34. The zero-order valence-electron chi connectivity index (χ0n) is 5.81. The number of thiazole rings is 1. The van der Waals surface area contributed by atoms with Gasteiger partial charge in [-0.05, 0) is 0 Å². The molecule has 0 saturated heterocycles. The zero-order valence-corrected chi connectivity index (χ0v) is 6.63. The zero-order chi connectivity index (χ0) is 8.55. The molecule has 2 heterocycles. The molecule has 0 fully saturated rings. The van der Waals surface area contributed by atoms with Crippen LogP contribution in [-0.2, 0) is 0 Å². The summed E-state index contributed by atoms with van der Waals surface area (Å²) in [5, 5.41) is 7.18. The number of carbonyl (C=O) groups is 1. The Balaban J connectivity index is 2.82. The van der Waals surface area contributed by atoms with Gasteiger partial charge in [0.2, 0.25) is 0 Å². The van der Waals surface area contributed by atoms with E-state index in [1.165, 1.54) is 17.5 Å². The Hall–Kier alpha value is -1.56. The second kappa shape index (κ2) is 2.49. The lowest BCUT2D eigenvalue weighted by atomic mass is 10.3. The van der Waals surface area contributed by atoms with Crippen molar-refractivity contribution in [3.8, 4) is 0 Å². The molecule has 0 bridgehead atoms. The summed E-state index contributed by atoms with van der Waals surface area (Å²) in [5.41, 5.74) is 8.26. The minimum absolute atomic E-state index is 0.102. The van der Waals surface area contributed by atoms with E-state index in [4.69, 9.17) is 5.73 Å². The van der Waals surface area contributed by atoms with Gasteiger partial charge in [-0.1, -0.05) is 0 Å². The molecule has 0 spiro atoms. The summed E-state index contributed by atoms with van der Waals surface area (Å²) in [7, 11) is 0. The summed E-state index contributed by atoms with van der Waals surface area (Å²) in [5.74, 6) is -0.618. The van der Waals surface area contributed by atoms with E-state index in [1.54, 1.807) is 0 Å². The Kier molecular flexibility index (Phi) is 1.47. The minimum Gasteiger partial charge on any atom is -0.364 e. The van der Waals surface area contributed by atoms with Gasteiger partial charge in [-0.3, -0.25) is 4.79 Å². The van der Waals surface area contributed by atoms with Gasteiger partial charge in [0.1, 0.15) is 5.52 Å². The lowest BCUT2D eigenvalue weighted by molar-refractivity contribution is 0.0996. The number of hydrogen-bond acceptors (Lipinski definition) is 5. The molecule has 12 heavy (non-hydrogen) atoms. The van der Waals surface area contributed by atoms with E-state index in [0.29, 0.717) is 5.52 Å². The molecule has 59 valence electrons. The molecular weight excluding hydrogens is 176 g/mol. The Bertz CT molecular complexity index is 438. The molecule has 2 aromatic rings. The van der Waals surface area contributed by atoms with Gasteiger partial charge in [-0.15, -0.1) is 16.4 Å². The predicted molar refractivity (Wildman–Crippen MR) is 42.6 cm³/mol. The largest absolute Gasteiger partial charge is 0.364 e. The summed E-state index contributed by atoms with van der Waals surface area (Å²) >= 11 is 1.27. The molecule has 1 amide bonds. The van der Waals surface area contributed by atoms with E-state index < -0.39 is 5.91 Å². The van der Waals surface area contributed by atoms with E-state index >= 15 is 0 Å². The highest BCUT2D eigenvalue weighted by atomic mass is 32.1. The van der Waals surface area contributed by atoms with Gasteiger partial charge in [0.05, 0.1) is 10.9 Å². The van der Waals surface area contributed by atoms with Gasteiger partial charge in [0.25, 0.3) is 5.91 Å². The van der Waals surface area contributed by atoms with Crippen LogP contribution in [0.4, 0.5) is 0 Å². The van der Waals surface area contributed by atoms with Gasteiger partial charge in [-0.2, -0.15) is 5.10 Å². The van der Waals surface area contributed by atoms with E-state index in [0.717, 1.165) is 4.70 Å². The van der Waals surface area contributed by atoms with Crippen molar-refractivity contribution in [2.24, 2.45) is 5.73 Å². The molecule has 0 aliphatic heterocycles. The van der Waals surface area contributed by atoms with E-state index in [-0.39, 0.29) is 5.69 Å². The lowest BCUT2D eigenvalue weighted by Gasteiger charge is -1.91. The van der Waals surface area contributed by atoms with Gasteiger partial charge in [-0.25, -0.2) is 4.98 Å². The maximum atomic E-state index is 10.8. The SMILES string of the molecule is NC(=O)c1nncc2s[c]nc12. The number of carbonyl (C=O) groups excluding carboxylic acids is 1. The average molecular weight is 179 g/mol. The number of rotatable bonds is 1. The summed E-state index contributed by atoms with van der Waals surface area (Å²) < 4.78 is 0.763. The van der Waals surface area contributed by atoms with Gasteiger partial charge < -0.3 is 5.73 Å². The van der Waals surface area contributed by atoms with Gasteiger partial charge in [0, 0.05) is 0 Å². The molecule has 0 aliphatic carbocycles. The molecule has 0 aliphatic rings. The summed E-state index contributed by atoms with van der Waals surface area (Å²) in [6, 6.07) is 0. The third-order valence-corrected chi connectivity index (χ3v) is 2.04. The maximum Gasteiger partial charge on any atom is 0.271 e. The van der Waals surface area contributed by atoms with Crippen molar-refractivity contribution in [1.29, 1.82) is 0 Å². The quantitative estimate of drug-likeness (QED) is 0.667. The molecule has 0 aromatic carbocycles. The minimum atomic E-state index is -0.618. The fourth-order valence-corrected chi connectivity index (χ4v) is 1.40. The Labute approximate surface area is 71.2 Å². The number of primary amides is 1. The van der Waals surface area contributed by atoms with Crippen LogP contribution in [0.15, 0.2) is 6.20 Å². The van der Waals surface area contributed by atoms with Crippen molar-refractivity contribution in [2.45, 2.75) is 0 Å². The van der Waals surface area contributed by atoms with E-state index in [1.807, 2.05) is 0 Å². The standard InChI is InChI=1S/C6H3N4OS/c7-6(11)5-4-3(1-9-10-5)12-2-8-4/h1H,(H2,7,11). The van der Waals surface area contributed by atoms with Crippen LogP contribution in [0.1, 0.15) is 10.5 Å². The highest BCUT2D eigenvalue weighted by Gasteiger charge is 2.10. The smallest absolute Gasteiger partial charge is 0.271 e. The van der Waals surface area contributed by atoms with Crippen LogP contribution in [0, 0.1) is 5.51 Å². The van der Waals surface area contributed by atoms with E-state index in [9.17, 15) is 4.79 Å². The second-order valence-electron chi connectivity index (χ2n) is 2.08. The molecule has 1 radical (unpaired) electrons. The first-order valence-corrected chi connectivity index (χ1v) is 3.89. The molecule has 2 rings (SSSR count). The van der Waals surface area contributed by atoms with Crippen LogP contribution in [0.3, 0.4) is 0 Å². The number of nitrogens with zero attached hydrogens (tertiary/aromatic N) is 3. The van der Waals surface area contributed by atoms with Crippen molar-refractivity contribution in [3.05, 3.63) is 17.4 Å². The second-order valence-corrected chi connectivity index (χ2v) is 2.90. The van der Waals surface area contributed by atoms with Crippen LogP contribution in [0.5, 0.6) is 0 Å². The molecule has 0 saturated carbocycles. The van der Waals surface area contributed by atoms with Crippen LogP contribution < -0.4 is 5.73 Å². The monoisotopic (exact) mass is 179 g/mol. The van der Waals surface area contributed by atoms with Crippen molar-refractivity contribution in [2.75, 3.05) is 0 Å². The average Bonchev–Trinajstić information content (AvgIpc) is 2.49. The molecule has 6 heteroatoms. The van der Waals surface area contributed by atoms with Gasteiger partial charge >= 0.3 is 0 Å². The highest BCUT2D eigenvalue weighted by molar-refractivity contribution is 7.16. The van der Waals surface area contributed by atoms with Crippen molar-refractivity contribution < 1.29 is 4.79 Å². The molecular formula is C6H3N4OS. The van der Waals surface area contributed by atoms with E-state index in [2.05, 4.69) is 20.7 Å². The van der Waals surface area contributed by atoms with Gasteiger partial charge in [0.15, 0.2) is 11.2 Å². The summed E-state index contributed by atoms with van der Waals surface area (Å²) in [6.45, 7) is 0. The van der Waals surface area contributed by atoms with Crippen LogP contribution in [-0.4, -0.2) is 21.1 Å². The van der Waals surface area contributed by atoms with Crippen LogP contribution in [0.2, 0.25) is 0 Å². The maximum absolute atomic E-state index is 10.8. The normalized spacial score (nSPS) is 10.3. The first kappa shape index (κ1) is 7.11. The first-order valence-electron chi connectivity index (χ1n) is 3.07. The number of nitrogens with two attached hydrogens (primary N) is 1. The Morgan fingerprint density at radius 2 is 2.50 bits per heavy atom. The molecule has 0 atom stereocenters.